The Balaban J connectivity index is 1.50. The molecule has 5 N–H and O–H groups in total. The second-order valence-electron chi connectivity index (χ2n) is 8.33. The van der Waals surface area contributed by atoms with Crippen LogP contribution in [-0.2, 0) is 13.2 Å². The Hall–Kier alpha value is -3.81. The third-order valence-corrected chi connectivity index (χ3v) is 6.77. The van der Waals surface area contributed by atoms with Crippen LogP contribution in [0, 0.1) is 0 Å². The van der Waals surface area contributed by atoms with E-state index in [-0.39, 0.29) is 16.7 Å². The number of nitrogens with one attached hydrogen (secondary N) is 2. The van der Waals surface area contributed by atoms with Crippen molar-refractivity contribution in [1.29, 1.82) is 0 Å². The standard InChI is InChI=1S/C22H24F3N7O3S/c1-31-20(32-9-2-3-14(8-10-32)28-21(34)35)15(11-27-31)29-18(33)16-17(26)36-19(30-16)12-4-6-13(7-5-12)22(23,24)25/h4-7,11,14,28H,2-3,8-10,26H2,1H3,(H,29,33)(H,34,35). The largest absolute Gasteiger partial charge is 0.465 e. The van der Waals surface area contributed by atoms with Crippen LogP contribution in [0.25, 0.3) is 10.6 Å². The molecule has 1 aromatic carbocycles. The van der Waals surface area contributed by atoms with Crippen molar-refractivity contribution in [1.82, 2.24) is 20.1 Å². The number of alkyl halides is 3. The summed E-state index contributed by atoms with van der Waals surface area (Å²) in [6.07, 6.45) is -1.96. The first-order valence-electron chi connectivity index (χ1n) is 11.0. The highest BCUT2D eigenvalue weighted by atomic mass is 32.1. The number of aryl methyl sites for hydroxylation is 1. The van der Waals surface area contributed by atoms with Gasteiger partial charge < -0.3 is 26.4 Å². The molecule has 4 rings (SSSR count). The van der Waals surface area contributed by atoms with E-state index in [1.165, 1.54) is 18.3 Å². The van der Waals surface area contributed by atoms with Crippen LogP contribution in [-0.4, -0.2) is 51.0 Å². The Bertz CT molecular complexity index is 1260. The summed E-state index contributed by atoms with van der Waals surface area (Å²) in [5, 5.41) is 19.0. The number of hydrogen-bond acceptors (Lipinski definition) is 7. The van der Waals surface area contributed by atoms with Gasteiger partial charge in [-0.25, -0.2) is 9.78 Å². The zero-order valence-corrected chi connectivity index (χ0v) is 20.0. The molecule has 3 aromatic rings. The number of nitrogens with two attached hydrogens (primary N) is 1. The van der Waals surface area contributed by atoms with Gasteiger partial charge in [0, 0.05) is 31.7 Å². The molecule has 1 unspecified atom stereocenters. The summed E-state index contributed by atoms with van der Waals surface area (Å²) in [5.74, 6) is 0.0903. The van der Waals surface area contributed by atoms with Gasteiger partial charge in [-0.1, -0.05) is 23.5 Å². The van der Waals surface area contributed by atoms with E-state index in [0.717, 1.165) is 29.9 Å². The van der Waals surface area contributed by atoms with Crippen molar-refractivity contribution in [3.8, 4) is 10.6 Å². The number of amides is 2. The van der Waals surface area contributed by atoms with E-state index in [1.807, 2.05) is 4.90 Å². The maximum atomic E-state index is 13.0. The molecule has 1 saturated heterocycles. The highest BCUT2D eigenvalue weighted by Gasteiger charge is 2.30. The van der Waals surface area contributed by atoms with Crippen LogP contribution in [0.4, 0.5) is 34.5 Å². The molecule has 14 heteroatoms. The second kappa shape index (κ2) is 10.0. The van der Waals surface area contributed by atoms with Crippen molar-refractivity contribution in [2.45, 2.75) is 31.5 Å². The fraction of sp³-hybridized carbons (Fsp3) is 0.364. The average Bonchev–Trinajstić information content (AvgIpc) is 3.29. The molecule has 10 nitrogen and oxygen atoms in total. The zero-order chi connectivity index (χ0) is 26.0. The lowest BCUT2D eigenvalue weighted by atomic mass is 10.1. The van der Waals surface area contributed by atoms with E-state index in [0.29, 0.717) is 48.0 Å². The van der Waals surface area contributed by atoms with Crippen LogP contribution in [0.2, 0.25) is 0 Å². The minimum atomic E-state index is -4.45. The van der Waals surface area contributed by atoms with E-state index >= 15 is 0 Å². The van der Waals surface area contributed by atoms with Gasteiger partial charge in [0.25, 0.3) is 5.91 Å². The monoisotopic (exact) mass is 523 g/mol. The lowest BCUT2D eigenvalue weighted by Gasteiger charge is -2.24. The van der Waals surface area contributed by atoms with Gasteiger partial charge in [0.1, 0.15) is 15.7 Å². The maximum absolute atomic E-state index is 13.0. The first-order valence-corrected chi connectivity index (χ1v) is 11.9. The quantitative estimate of drug-likeness (QED) is 0.396. The third-order valence-electron chi connectivity index (χ3n) is 5.84. The highest BCUT2D eigenvalue weighted by molar-refractivity contribution is 7.19. The summed E-state index contributed by atoms with van der Waals surface area (Å²) >= 11 is 1.00. The Morgan fingerprint density at radius 3 is 2.58 bits per heavy atom. The number of nitrogen functional groups attached to an aromatic ring is 1. The van der Waals surface area contributed by atoms with E-state index in [2.05, 4.69) is 20.7 Å². The topological polar surface area (TPSA) is 138 Å². The number of carbonyl (C=O) groups is 2. The molecule has 0 saturated carbocycles. The van der Waals surface area contributed by atoms with Gasteiger partial charge >= 0.3 is 12.3 Å². The van der Waals surface area contributed by atoms with Gasteiger partial charge in [0.15, 0.2) is 11.5 Å². The lowest BCUT2D eigenvalue weighted by molar-refractivity contribution is -0.137. The van der Waals surface area contributed by atoms with Gasteiger partial charge in [-0.2, -0.15) is 18.3 Å². The summed E-state index contributed by atoms with van der Waals surface area (Å²) in [7, 11) is 1.74. The molecular formula is C22H24F3N7O3S. The molecule has 1 fully saturated rings. The fourth-order valence-corrected chi connectivity index (χ4v) is 4.96. The molecule has 0 bridgehead atoms. The number of benzene rings is 1. The Labute approximate surface area is 207 Å². The van der Waals surface area contributed by atoms with E-state index in [1.54, 1.807) is 11.7 Å². The Morgan fingerprint density at radius 2 is 1.92 bits per heavy atom. The number of thiazole rings is 1. The second-order valence-corrected chi connectivity index (χ2v) is 9.36. The van der Waals surface area contributed by atoms with Crippen LogP contribution >= 0.6 is 11.3 Å². The molecular weight excluding hydrogens is 499 g/mol. The summed E-state index contributed by atoms with van der Waals surface area (Å²) in [6, 6.07) is 4.32. The van der Waals surface area contributed by atoms with E-state index in [4.69, 9.17) is 10.8 Å². The van der Waals surface area contributed by atoms with Crippen LogP contribution in [0.15, 0.2) is 30.5 Å². The summed E-state index contributed by atoms with van der Waals surface area (Å²) in [4.78, 5) is 30.3. The molecule has 0 radical (unpaired) electrons. The minimum absolute atomic E-state index is 0.0358. The van der Waals surface area contributed by atoms with Gasteiger partial charge in [-0.3, -0.25) is 9.48 Å². The lowest BCUT2D eigenvalue weighted by Crippen LogP contribution is -2.35. The van der Waals surface area contributed by atoms with E-state index < -0.39 is 23.7 Å². The molecule has 1 aliphatic heterocycles. The fourth-order valence-electron chi connectivity index (χ4n) is 4.12. The van der Waals surface area contributed by atoms with Crippen LogP contribution in [0.3, 0.4) is 0 Å². The van der Waals surface area contributed by atoms with Crippen molar-refractivity contribution in [3.63, 3.8) is 0 Å². The average molecular weight is 524 g/mol. The maximum Gasteiger partial charge on any atom is 0.416 e. The number of nitrogens with zero attached hydrogens (tertiary/aromatic N) is 4. The molecule has 36 heavy (non-hydrogen) atoms. The molecule has 192 valence electrons. The normalized spacial score (nSPS) is 16.4. The number of aromatic nitrogens is 3. The Kier molecular flexibility index (Phi) is 7.06. The zero-order valence-electron chi connectivity index (χ0n) is 19.2. The number of hydrogen-bond donors (Lipinski definition) is 4. The van der Waals surface area contributed by atoms with Crippen molar-refractivity contribution < 1.29 is 27.9 Å². The van der Waals surface area contributed by atoms with Crippen LogP contribution in [0.5, 0.6) is 0 Å². The van der Waals surface area contributed by atoms with Crippen molar-refractivity contribution in [2.75, 3.05) is 29.0 Å². The first kappa shape index (κ1) is 25.3. The number of carbonyl (C=O) groups excluding carboxylic acids is 1. The van der Waals surface area contributed by atoms with E-state index in [9.17, 15) is 22.8 Å². The summed E-state index contributed by atoms with van der Waals surface area (Å²) in [6.45, 7) is 1.21. The first-order chi connectivity index (χ1) is 17.0. The van der Waals surface area contributed by atoms with Crippen molar-refractivity contribution in [2.24, 2.45) is 7.05 Å². The molecule has 0 aliphatic carbocycles. The predicted molar refractivity (Wildman–Crippen MR) is 129 cm³/mol. The number of rotatable bonds is 5. The molecule has 3 heterocycles. The Morgan fingerprint density at radius 1 is 1.19 bits per heavy atom. The third kappa shape index (κ3) is 5.53. The van der Waals surface area contributed by atoms with Gasteiger partial charge in [0.05, 0.1) is 11.8 Å². The van der Waals surface area contributed by atoms with Crippen molar-refractivity contribution >= 4 is 39.8 Å². The number of halogens is 3. The SMILES string of the molecule is Cn1ncc(NC(=O)c2nc(-c3ccc(C(F)(F)F)cc3)sc2N)c1N1CCCC(NC(=O)O)CC1. The summed E-state index contributed by atoms with van der Waals surface area (Å²) in [5.41, 5.74) is 6.06. The van der Waals surface area contributed by atoms with Crippen LogP contribution in [0.1, 0.15) is 35.3 Å². The number of anilines is 3. The van der Waals surface area contributed by atoms with Gasteiger partial charge in [-0.05, 0) is 31.4 Å². The molecule has 0 spiro atoms. The van der Waals surface area contributed by atoms with Crippen molar-refractivity contribution in [3.05, 3.63) is 41.7 Å². The molecule has 1 aliphatic rings. The smallest absolute Gasteiger partial charge is 0.416 e. The molecule has 2 amide bonds. The van der Waals surface area contributed by atoms with Gasteiger partial charge in [0.2, 0.25) is 0 Å². The molecule has 2 aromatic heterocycles. The van der Waals surface area contributed by atoms with Crippen LogP contribution < -0.4 is 21.3 Å². The van der Waals surface area contributed by atoms with Gasteiger partial charge in [-0.15, -0.1) is 0 Å². The summed E-state index contributed by atoms with van der Waals surface area (Å²) < 4.78 is 40.1. The predicted octanol–water partition coefficient (Wildman–Crippen LogP) is 4.02. The molecule has 1 atom stereocenters. The highest BCUT2D eigenvalue weighted by Crippen LogP contribution is 2.35. The number of carboxylic acid groups (broad SMARTS) is 1. The minimum Gasteiger partial charge on any atom is -0.465 e.